The highest BCUT2D eigenvalue weighted by atomic mass is 32.2. The van der Waals surface area contributed by atoms with Crippen molar-refractivity contribution >= 4 is 31.3 Å². The molecule has 3 rings (SSSR count). The van der Waals surface area contributed by atoms with Gasteiger partial charge in [-0.05, 0) is 36.8 Å². The summed E-state index contributed by atoms with van der Waals surface area (Å²) in [4.78, 5) is 11.2. The number of hydrogen-bond donors (Lipinski definition) is 2. The lowest BCUT2D eigenvalue weighted by atomic mass is 10.1. The number of amides is 1. The molecule has 1 saturated heterocycles. The average Bonchev–Trinajstić information content (AvgIpc) is 2.95. The molecule has 1 fully saturated rings. The van der Waals surface area contributed by atoms with Crippen LogP contribution in [-0.4, -0.2) is 45.5 Å². The van der Waals surface area contributed by atoms with Crippen molar-refractivity contribution in [2.75, 3.05) is 16.8 Å². The van der Waals surface area contributed by atoms with Crippen LogP contribution < -0.4 is 10.6 Å². The first-order valence-corrected chi connectivity index (χ1v) is 12.5. The molecule has 0 unspecified atom stereocenters. The Bertz CT molecular complexity index is 1110. The quantitative estimate of drug-likeness (QED) is 0.713. The molecule has 0 saturated carbocycles. The van der Waals surface area contributed by atoms with Crippen LogP contribution in [0.15, 0.2) is 53.4 Å². The van der Waals surface area contributed by atoms with E-state index in [1.54, 1.807) is 0 Å². The van der Waals surface area contributed by atoms with E-state index in [1.165, 1.54) is 31.2 Å². The number of aryl methyl sites for hydroxylation is 1. The molecule has 29 heavy (non-hydrogen) atoms. The first-order valence-electron chi connectivity index (χ1n) is 9.18. The number of anilines is 1. The summed E-state index contributed by atoms with van der Waals surface area (Å²) in [5.41, 5.74) is 2.52. The molecule has 0 spiro atoms. The summed E-state index contributed by atoms with van der Waals surface area (Å²) in [6, 6.07) is 12.8. The van der Waals surface area contributed by atoms with Gasteiger partial charge < -0.3 is 10.6 Å². The van der Waals surface area contributed by atoms with Crippen LogP contribution in [0.4, 0.5) is 5.69 Å². The summed E-state index contributed by atoms with van der Waals surface area (Å²) >= 11 is 0. The Morgan fingerprint density at radius 2 is 1.79 bits per heavy atom. The van der Waals surface area contributed by atoms with Crippen LogP contribution in [0.25, 0.3) is 0 Å². The summed E-state index contributed by atoms with van der Waals surface area (Å²) in [5.74, 6) is -0.885. The van der Waals surface area contributed by atoms with Crippen LogP contribution in [-0.2, 0) is 31.0 Å². The highest BCUT2D eigenvalue weighted by Gasteiger charge is 2.45. The van der Waals surface area contributed by atoms with E-state index in [-0.39, 0.29) is 16.6 Å². The predicted molar refractivity (Wildman–Crippen MR) is 112 cm³/mol. The molecule has 2 N–H and O–H groups in total. The molecule has 0 aromatic heterocycles. The summed E-state index contributed by atoms with van der Waals surface area (Å²) in [6.45, 7) is 3.70. The maximum Gasteiger partial charge on any atom is 0.221 e. The minimum absolute atomic E-state index is 0.0380. The molecule has 1 aliphatic heterocycles. The highest BCUT2D eigenvalue weighted by Crippen LogP contribution is 2.27. The van der Waals surface area contributed by atoms with E-state index in [4.69, 9.17) is 0 Å². The monoisotopic (exact) mass is 436 g/mol. The molecular formula is C20H24N2O5S2. The molecule has 0 bridgehead atoms. The third-order valence-electron chi connectivity index (χ3n) is 4.85. The number of sulfone groups is 2. The highest BCUT2D eigenvalue weighted by molar-refractivity contribution is 7.96. The fourth-order valence-corrected chi connectivity index (χ4v) is 8.21. The summed E-state index contributed by atoms with van der Waals surface area (Å²) in [5, 5.41) is 4.64. The maximum absolute atomic E-state index is 13.1. The van der Waals surface area contributed by atoms with Gasteiger partial charge in [0.25, 0.3) is 0 Å². The summed E-state index contributed by atoms with van der Waals surface area (Å²) in [7, 11) is -7.34. The topological polar surface area (TPSA) is 109 Å². The van der Waals surface area contributed by atoms with Gasteiger partial charge in [0.05, 0.1) is 21.7 Å². The first-order chi connectivity index (χ1) is 13.6. The number of carbonyl (C=O) groups is 1. The van der Waals surface area contributed by atoms with Gasteiger partial charge in [-0.1, -0.05) is 29.8 Å². The maximum atomic E-state index is 13.1. The number of nitrogens with one attached hydrogen (secondary N) is 2. The molecule has 0 aliphatic carbocycles. The van der Waals surface area contributed by atoms with Crippen LogP contribution in [0.5, 0.6) is 0 Å². The fraction of sp³-hybridized carbons (Fsp3) is 0.350. The van der Waals surface area contributed by atoms with Crippen molar-refractivity contribution in [3.63, 3.8) is 0 Å². The third-order valence-corrected chi connectivity index (χ3v) is 9.02. The van der Waals surface area contributed by atoms with E-state index in [0.717, 1.165) is 11.1 Å². The Labute approximate surface area is 171 Å². The lowest BCUT2D eigenvalue weighted by molar-refractivity contribution is -0.114. The standard InChI is InChI=1S/C20H24N2O5S2/c1-14-4-3-5-16(10-14)11-21-19-12-28(24,25)13-20(19)29(26,27)18-8-6-17(7-9-18)22-15(2)23/h3-10,19-21H,11-13H2,1-2H3,(H,22,23)/t19-,20-/m0/s1. The normalized spacial score (nSPS) is 21.0. The zero-order valence-electron chi connectivity index (χ0n) is 16.3. The summed E-state index contributed by atoms with van der Waals surface area (Å²) < 4.78 is 50.7. The van der Waals surface area contributed by atoms with Gasteiger partial charge >= 0.3 is 0 Å². The molecule has 2 aromatic carbocycles. The largest absolute Gasteiger partial charge is 0.326 e. The third kappa shape index (κ3) is 5.23. The second-order valence-electron chi connectivity index (χ2n) is 7.34. The first kappa shape index (κ1) is 21.5. The van der Waals surface area contributed by atoms with Crippen molar-refractivity contribution in [1.29, 1.82) is 0 Å². The SMILES string of the molecule is CC(=O)Nc1ccc(S(=O)(=O)[C@H]2CS(=O)(=O)C[C@@H]2NCc2cccc(C)c2)cc1. The Morgan fingerprint density at radius 3 is 2.41 bits per heavy atom. The lowest BCUT2D eigenvalue weighted by Crippen LogP contribution is -2.43. The molecule has 156 valence electrons. The smallest absolute Gasteiger partial charge is 0.221 e. The average molecular weight is 437 g/mol. The minimum atomic E-state index is -3.87. The van der Waals surface area contributed by atoms with Gasteiger partial charge in [-0.25, -0.2) is 16.8 Å². The number of benzene rings is 2. The van der Waals surface area contributed by atoms with Crippen molar-refractivity contribution < 1.29 is 21.6 Å². The van der Waals surface area contributed by atoms with Crippen molar-refractivity contribution in [3.8, 4) is 0 Å². The second-order valence-corrected chi connectivity index (χ2v) is 11.7. The Balaban J connectivity index is 1.82. The molecule has 2 atom stereocenters. The van der Waals surface area contributed by atoms with E-state index in [0.29, 0.717) is 12.2 Å². The van der Waals surface area contributed by atoms with Crippen LogP contribution >= 0.6 is 0 Å². The zero-order valence-corrected chi connectivity index (χ0v) is 17.9. The van der Waals surface area contributed by atoms with Gasteiger partial charge in [0.15, 0.2) is 19.7 Å². The van der Waals surface area contributed by atoms with Crippen molar-refractivity contribution in [1.82, 2.24) is 5.32 Å². The Hall–Kier alpha value is -2.23. The van der Waals surface area contributed by atoms with E-state index >= 15 is 0 Å². The molecule has 2 aromatic rings. The van der Waals surface area contributed by atoms with E-state index < -0.39 is 36.7 Å². The van der Waals surface area contributed by atoms with Crippen LogP contribution in [0.2, 0.25) is 0 Å². The zero-order chi connectivity index (χ0) is 21.2. The lowest BCUT2D eigenvalue weighted by Gasteiger charge is -2.20. The molecular weight excluding hydrogens is 412 g/mol. The Kier molecular flexibility index (Phi) is 6.11. The molecule has 1 amide bonds. The van der Waals surface area contributed by atoms with Gasteiger partial charge in [0, 0.05) is 25.2 Å². The number of carbonyl (C=O) groups excluding carboxylic acids is 1. The van der Waals surface area contributed by atoms with Crippen molar-refractivity contribution in [2.24, 2.45) is 0 Å². The van der Waals surface area contributed by atoms with E-state index in [2.05, 4.69) is 10.6 Å². The molecule has 1 heterocycles. The Morgan fingerprint density at radius 1 is 1.10 bits per heavy atom. The van der Waals surface area contributed by atoms with E-state index in [1.807, 2.05) is 31.2 Å². The minimum Gasteiger partial charge on any atom is -0.326 e. The van der Waals surface area contributed by atoms with Gasteiger partial charge in [0.1, 0.15) is 0 Å². The second kappa shape index (κ2) is 8.25. The van der Waals surface area contributed by atoms with Gasteiger partial charge in [0.2, 0.25) is 5.91 Å². The van der Waals surface area contributed by atoms with Gasteiger partial charge in [-0.3, -0.25) is 4.79 Å². The number of rotatable bonds is 6. The van der Waals surface area contributed by atoms with Crippen LogP contribution in [0, 0.1) is 6.92 Å². The molecule has 9 heteroatoms. The van der Waals surface area contributed by atoms with Crippen LogP contribution in [0.3, 0.4) is 0 Å². The summed E-state index contributed by atoms with van der Waals surface area (Å²) in [6.07, 6.45) is 0. The molecule has 1 aliphatic rings. The van der Waals surface area contributed by atoms with E-state index in [9.17, 15) is 21.6 Å². The van der Waals surface area contributed by atoms with Gasteiger partial charge in [-0.15, -0.1) is 0 Å². The fourth-order valence-electron chi connectivity index (χ4n) is 3.49. The van der Waals surface area contributed by atoms with Crippen LogP contribution in [0.1, 0.15) is 18.1 Å². The molecule has 0 radical (unpaired) electrons. The van der Waals surface area contributed by atoms with Crippen molar-refractivity contribution in [3.05, 3.63) is 59.7 Å². The number of hydrogen-bond acceptors (Lipinski definition) is 6. The molecule has 7 nitrogen and oxygen atoms in total. The van der Waals surface area contributed by atoms with Gasteiger partial charge in [-0.2, -0.15) is 0 Å². The predicted octanol–water partition coefficient (Wildman–Crippen LogP) is 1.68. The van der Waals surface area contributed by atoms with Crippen molar-refractivity contribution in [2.45, 2.75) is 36.6 Å².